The Kier molecular flexibility index (Phi) is 3.62. The Morgan fingerprint density at radius 1 is 1.04 bits per heavy atom. The molecule has 25 heavy (non-hydrogen) atoms. The van der Waals surface area contributed by atoms with Crippen molar-refractivity contribution in [2.24, 2.45) is 0 Å². The number of non-ortho nitro benzene ring substituents is 1. The number of hydrogen-bond donors (Lipinski definition) is 0. The van der Waals surface area contributed by atoms with E-state index in [0.29, 0.717) is 10.7 Å². The van der Waals surface area contributed by atoms with Crippen molar-refractivity contribution in [1.82, 2.24) is 9.78 Å². The van der Waals surface area contributed by atoms with Crippen LogP contribution in [0, 0.1) is 10.1 Å². The van der Waals surface area contributed by atoms with Gasteiger partial charge in [0.25, 0.3) is 11.2 Å². The van der Waals surface area contributed by atoms with Crippen LogP contribution in [0.4, 0.5) is 5.69 Å². The number of aromatic nitrogens is 2. The monoisotopic (exact) mass is 353 g/mol. The van der Waals surface area contributed by atoms with E-state index in [1.54, 1.807) is 6.07 Å². The maximum atomic E-state index is 12.4. The van der Waals surface area contributed by atoms with Gasteiger partial charge in [-0.15, -0.1) is 0 Å². The van der Waals surface area contributed by atoms with Gasteiger partial charge in [-0.25, -0.2) is 0 Å². The van der Waals surface area contributed by atoms with Crippen LogP contribution in [0.3, 0.4) is 0 Å². The molecule has 0 amide bonds. The van der Waals surface area contributed by atoms with Gasteiger partial charge < -0.3 is 0 Å². The molecular formula is C18H12ClN3O3. The van der Waals surface area contributed by atoms with Crippen LogP contribution < -0.4 is 5.56 Å². The number of rotatable bonds is 2. The van der Waals surface area contributed by atoms with Crippen LogP contribution >= 0.6 is 11.6 Å². The van der Waals surface area contributed by atoms with Crippen LogP contribution in [-0.2, 0) is 12.8 Å². The summed E-state index contributed by atoms with van der Waals surface area (Å²) in [6.45, 7) is 0. The van der Waals surface area contributed by atoms with E-state index in [1.165, 1.54) is 28.9 Å². The lowest BCUT2D eigenvalue weighted by atomic mass is 9.89. The maximum Gasteiger partial charge on any atom is 0.271 e. The third kappa shape index (κ3) is 2.70. The molecule has 1 heterocycles. The molecule has 0 bridgehead atoms. The molecule has 3 aromatic rings. The summed E-state index contributed by atoms with van der Waals surface area (Å²) < 4.78 is 1.26. The normalized spacial score (nSPS) is 12.4. The number of nitro benzene ring substituents is 1. The van der Waals surface area contributed by atoms with E-state index < -0.39 is 4.92 Å². The van der Waals surface area contributed by atoms with E-state index in [0.717, 1.165) is 35.2 Å². The van der Waals surface area contributed by atoms with Crippen LogP contribution in [0.15, 0.2) is 53.3 Å². The number of nitro groups is 1. The van der Waals surface area contributed by atoms with E-state index in [9.17, 15) is 14.9 Å². The molecule has 0 spiro atoms. The fourth-order valence-electron chi connectivity index (χ4n) is 3.07. The first-order valence-corrected chi connectivity index (χ1v) is 8.07. The van der Waals surface area contributed by atoms with E-state index in [4.69, 9.17) is 11.6 Å². The summed E-state index contributed by atoms with van der Waals surface area (Å²) in [6, 6.07) is 13.0. The first kappa shape index (κ1) is 15.5. The summed E-state index contributed by atoms with van der Waals surface area (Å²) in [4.78, 5) is 22.7. The maximum absolute atomic E-state index is 12.4. The minimum Gasteiger partial charge on any atom is -0.267 e. The second kappa shape index (κ2) is 5.82. The van der Waals surface area contributed by atoms with Crippen LogP contribution in [-0.4, -0.2) is 14.7 Å². The first-order chi connectivity index (χ1) is 12.0. The van der Waals surface area contributed by atoms with Gasteiger partial charge >= 0.3 is 0 Å². The quantitative estimate of drug-likeness (QED) is 0.521. The lowest BCUT2D eigenvalue weighted by Crippen LogP contribution is -2.24. The summed E-state index contributed by atoms with van der Waals surface area (Å²) in [6.07, 6.45) is 1.58. The lowest BCUT2D eigenvalue weighted by molar-refractivity contribution is -0.384. The van der Waals surface area contributed by atoms with Gasteiger partial charge in [0.05, 0.1) is 16.3 Å². The standard InChI is InChI=1S/C18H12ClN3O3/c19-13-4-3-11-1-2-12-9-17(23)21(20-18(12)16(11)10-13)14-5-7-15(8-6-14)22(24)25/h3-10H,1-2H2. The van der Waals surface area contributed by atoms with Gasteiger partial charge in [-0.2, -0.15) is 9.78 Å². The second-order valence-corrected chi connectivity index (χ2v) is 6.28. The number of nitrogens with zero attached hydrogens (tertiary/aromatic N) is 3. The molecule has 0 fully saturated rings. The molecule has 124 valence electrons. The molecule has 0 saturated heterocycles. The Morgan fingerprint density at radius 2 is 1.76 bits per heavy atom. The second-order valence-electron chi connectivity index (χ2n) is 5.84. The van der Waals surface area contributed by atoms with Crippen LogP contribution in [0.1, 0.15) is 11.1 Å². The number of halogens is 1. The van der Waals surface area contributed by atoms with Gasteiger partial charge in [-0.3, -0.25) is 14.9 Å². The Bertz CT molecular complexity index is 1060. The first-order valence-electron chi connectivity index (χ1n) is 7.70. The van der Waals surface area contributed by atoms with Gasteiger partial charge in [0.15, 0.2) is 0 Å². The van der Waals surface area contributed by atoms with Gasteiger partial charge in [0.2, 0.25) is 0 Å². The highest BCUT2D eigenvalue weighted by atomic mass is 35.5. The van der Waals surface area contributed by atoms with Crippen molar-refractivity contribution in [3.8, 4) is 16.9 Å². The van der Waals surface area contributed by atoms with Crippen molar-refractivity contribution in [3.63, 3.8) is 0 Å². The predicted octanol–water partition coefficient (Wildman–Crippen LogP) is 3.56. The minimum atomic E-state index is -0.481. The largest absolute Gasteiger partial charge is 0.271 e. The van der Waals surface area contributed by atoms with Gasteiger partial charge in [0, 0.05) is 28.8 Å². The summed E-state index contributed by atoms with van der Waals surface area (Å²) in [7, 11) is 0. The highest BCUT2D eigenvalue weighted by Crippen LogP contribution is 2.33. The summed E-state index contributed by atoms with van der Waals surface area (Å²) in [5.41, 5.74) is 3.85. The van der Waals surface area contributed by atoms with Crippen molar-refractivity contribution in [2.45, 2.75) is 12.8 Å². The molecule has 4 rings (SSSR count). The number of aryl methyl sites for hydroxylation is 2. The minimum absolute atomic E-state index is 0.0353. The van der Waals surface area contributed by atoms with Crippen LogP contribution in [0.2, 0.25) is 5.02 Å². The Balaban J connectivity index is 1.88. The molecule has 7 heteroatoms. The van der Waals surface area contributed by atoms with Gasteiger partial charge in [-0.05, 0) is 48.2 Å². The summed E-state index contributed by atoms with van der Waals surface area (Å²) in [5, 5.41) is 15.9. The van der Waals surface area contributed by atoms with Crippen molar-refractivity contribution in [3.05, 3.63) is 85.1 Å². The van der Waals surface area contributed by atoms with E-state index in [1.807, 2.05) is 18.2 Å². The third-order valence-corrected chi connectivity index (χ3v) is 4.54. The Hall–Kier alpha value is -2.99. The van der Waals surface area contributed by atoms with Crippen LogP contribution in [0.5, 0.6) is 0 Å². The summed E-state index contributed by atoms with van der Waals surface area (Å²) in [5.74, 6) is 0. The highest BCUT2D eigenvalue weighted by molar-refractivity contribution is 6.30. The zero-order valence-corrected chi connectivity index (χ0v) is 13.7. The highest BCUT2D eigenvalue weighted by Gasteiger charge is 2.20. The molecule has 0 radical (unpaired) electrons. The molecule has 1 aromatic heterocycles. The number of hydrogen-bond acceptors (Lipinski definition) is 4. The molecule has 1 aliphatic rings. The van der Waals surface area contributed by atoms with E-state index >= 15 is 0 Å². The average molecular weight is 354 g/mol. The number of fused-ring (bicyclic) bond motifs is 3. The zero-order chi connectivity index (χ0) is 17.6. The topological polar surface area (TPSA) is 78.0 Å². The molecule has 0 aliphatic heterocycles. The average Bonchev–Trinajstić information content (AvgIpc) is 2.61. The molecule has 6 nitrogen and oxygen atoms in total. The van der Waals surface area contributed by atoms with Crippen molar-refractivity contribution < 1.29 is 4.92 Å². The van der Waals surface area contributed by atoms with E-state index in [-0.39, 0.29) is 11.2 Å². The van der Waals surface area contributed by atoms with Crippen molar-refractivity contribution in [2.75, 3.05) is 0 Å². The lowest BCUT2D eigenvalue weighted by Gasteiger charge is -2.19. The Morgan fingerprint density at radius 3 is 2.48 bits per heavy atom. The fourth-order valence-corrected chi connectivity index (χ4v) is 3.24. The molecule has 1 aliphatic carbocycles. The van der Waals surface area contributed by atoms with Crippen molar-refractivity contribution in [1.29, 1.82) is 0 Å². The van der Waals surface area contributed by atoms with Gasteiger partial charge in [0.1, 0.15) is 0 Å². The van der Waals surface area contributed by atoms with Crippen molar-refractivity contribution >= 4 is 17.3 Å². The van der Waals surface area contributed by atoms with E-state index in [2.05, 4.69) is 5.10 Å². The molecule has 0 unspecified atom stereocenters. The molecule has 0 saturated carbocycles. The van der Waals surface area contributed by atoms with Crippen LogP contribution in [0.25, 0.3) is 16.9 Å². The number of benzene rings is 2. The SMILES string of the molecule is O=c1cc2c(nn1-c1ccc([N+](=O)[O-])cc1)-c1cc(Cl)ccc1CC2. The molecule has 2 aromatic carbocycles. The predicted molar refractivity (Wildman–Crippen MR) is 94.3 cm³/mol. The summed E-state index contributed by atoms with van der Waals surface area (Å²) >= 11 is 6.12. The smallest absolute Gasteiger partial charge is 0.267 e. The zero-order valence-electron chi connectivity index (χ0n) is 13.0. The van der Waals surface area contributed by atoms with Gasteiger partial charge in [-0.1, -0.05) is 17.7 Å². The third-order valence-electron chi connectivity index (χ3n) is 4.31. The Labute approximate surface area is 147 Å². The molecule has 0 N–H and O–H groups in total. The molecule has 0 atom stereocenters. The molecular weight excluding hydrogens is 342 g/mol. The fraction of sp³-hybridized carbons (Fsp3) is 0.111.